The van der Waals surface area contributed by atoms with E-state index in [0.717, 1.165) is 30.5 Å². The number of carbonyl (C=O) groups is 1. The van der Waals surface area contributed by atoms with Gasteiger partial charge in [-0.25, -0.2) is 4.98 Å². The Bertz CT molecular complexity index is 1200. The van der Waals surface area contributed by atoms with Crippen LogP contribution in [0.25, 0.3) is 10.9 Å². The lowest BCUT2D eigenvalue weighted by molar-refractivity contribution is -0.118. The molecular formula is C22H19Cl2N3O2S. The average Bonchev–Trinajstić information content (AvgIpc) is 3.03. The predicted molar refractivity (Wildman–Crippen MR) is 121 cm³/mol. The fourth-order valence-corrected chi connectivity index (χ4v) is 5.63. The average molecular weight is 460 g/mol. The van der Waals surface area contributed by atoms with Gasteiger partial charge in [0, 0.05) is 16.0 Å². The molecule has 0 radical (unpaired) electrons. The molecule has 0 spiro atoms. The second-order valence-corrected chi connectivity index (χ2v) is 9.44. The number of nitriles is 1. The summed E-state index contributed by atoms with van der Waals surface area (Å²) in [6, 6.07) is 7.53. The molecule has 1 aromatic carbocycles. The number of nitrogens with one attached hydrogen (secondary N) is 1. The number of aryl methyl sites for hydroxylation is 1. The van der Waals surface area contributed by atoms with Crippen LogP contribution < -0.4 is 10.1 Å². The van der Waals surface area contributed by atoms with Gasteiger partial charge in [-0.05, 0) is 55.9 Å². The van der Waals surface area contributed by atoms with Crippen molar-refractivity contribution in [3.05, 3.63) is 49.9 Å². The smallest absolute Gasteiger partial charge is 0.262 e. The molecule has 1 amide bonds. The molecule has 154 valence electrons. The Balaban J connectivity index is 1.54. The zero-order chi connectivity index (χ0) is 21.4. The van der Waals surface area contributed by atoms with Crippen molar-refractivity contribution in [2.45, 2.75) is 33.1 Å². The van der Waals surface area contributed by atoms with Gasteiger partial charge in [0.25, 0.3) is 5.91 Å². The summed E-state index contributed by atoms with van der Waals surface area (Å²) in [7, 11) is 0. The van der Waals surface area contributed by atoms with Gasteiger partial charge in [0.2, 0.25) is 0 Å². The predicted octanol–water partition coefficient (Wildman–Crippen LogP) is 5.93. The summed E-state index contributed by atoms with van der Waals surface area (Å²) in [6.45, 7) is 3.81. The molecule has 0 fully saturated rings. The quantitative estimate of drug-likeness (QED) is 0.524. The van der Waals surface area contributed by atoms with Gasteiger partial charge in [-0.2, -0.15) is 5.26 Å². The third-order valence-electron chi connectivity index (χ3n) is 5.20. The first-order valence-corrected chi connectivity index (χ1v) is 11.2. The van der Waals surface area contributed by atoms with E-state index in [0.29, 0.717) is 38.2 Å². The molecule has 30 heavy (non-hydrogen) atoms. The van der Waals surface area contributed by atoms with E-state index in [1.54, 1.807) is 6.07 Å². The van der Waals surface area contributed by atoms with Crippen LogP contribution in [0.3, 0.4) is 0 Å². The Hall–Kier alpha value is -2.33. The number of benzene rings is 1. The molecule has 0 aliphatic heterocycles. The lowest BCUT2D eigenvalue weighted by atomic mass is 9.89. The summed E-state index contributed by atoms with van der Waals surface area (Å²) >= 11 is 14.1. The van der Waals surface area contributed by atoms with E-state index in [9.17, 15) is 10.1 Å². The van der Waals surface area contributed by atoms with Crippen molar-refractivity contribution in [3.63, 3.8) is 0 Å². The normalized spacial score (nSPS) is 15.5. The highest BCUT2D eigenvalue weighted by Gasteiger charge is 2.25. The van der Waals surface area contributed by atoms with Crippen molar-refractivity contribution in [1.29, 1.82) is 5.26 Å². The van der Waals surface area contributed by atoms with Crippen LogP contribution in [-0.2, 0) is 17.6 Å². The Morgan fingerprint density at radius 1 is 1.40 bits per heavy atom. The molecule has 3 aromatic rings. The van der Waals surface area contributed by atoms with Crippen molar-refractivity contribution < 1.29 is 9.53 Å². The molecule has 0 unspecified atom stereocenters. The maximum absolute atomic E-state index is 12.6. The Morgan fingerprint density at radius 3 is 2.97 bits per heavy atom. The highest BCUT2D eigenvalue weighted by atomic mass is 35.5. The third kappa shape index (κ3) is 3.98. The number of hydrogen-bond donors (Lipinski definition) is 1. The first-order valence-electron chi connectivity index (χ1n) is 9.60. The van der Waals surface area contributed by atoms with Gasteiger partial charge >= 0.3 is 0 Å². The molecule has 1 atom stereocenters. The molecule has 0 saturated carbocycles. The van der Waals surface area contributed by atoms with Crippen LogP contribution in [0.5, 0.6) is 5.75 Å². The Morgan fingerprint density at radius 2 is 2.20 bits per heavy atom. The number of halogens is 2. The van der Waals surface area contributed by atoms with Crippen molar-refractivity contribution in [1.82, 2.24) is 4.98 Å². The summed E-state index contributed by atoms with van der Waals surface area (Å²) in [5.74, 6) is 0.547. The van der Waals surface area contributed by atoms with Gasteiger partial charge in [-0.1, -0.05) is 30.1 Å². The van der Waals surface area contributed by atoms with Crippen LogP contribution in [0.15, 0.2) is 18.2 Å². The van der Waals surface area contributed by atoms with Crippen LogP contribution in [0.1, 0.15) is 35.0 Å². The number of nitrogens with zero attached hydrogens (tertiary/aromatic N) is 2. The molecular weight excluding hydrogens is 441 g/mol. The van der Waals surface area contributed by atoms with Gasteiger partial charge in [0.05, 0.1) is 15.6 Å². The maximum Gasteiger partial charge on any atom is 0.262 e. The number of amides is 1. The fourth-order valence-electron chi connectivity index (χ4n) is 3.69. The largest absolute Gasteiger partial charge is 0.480 e. The van der Waals surface area contributed by atoms with Gasteiger partial charge in [0.1, 0.15) is 16.6 Å². The second-order valence-electron chi connectivity index (χ2n) is 7.52. The van der Waals surface area contributed by atoms with E-state index in [-0.39, 0.29) is 17.5 Å². The fraction of sp³-hybridized carbons (Fsp3) is 0.318. The number of ether oxygens (including phenoxy) is 1. The highest BCUT2D eigenvalue weighted by Crippen LogP contribution is 2.40. The number of carbonyl (C=O) groups excluding carboxylic acids is 1. The maximum atomic E-state index is 12.6. The van der Waals surface area contributed by atoms with E-state index in [2.05, 4.69) is 23.3 Å². The molecule has 0 saturated heterocycles. The number of aromatic nitrogens is 1. The number of rotatable bonds is 4. The van der Waals surface area contributed by atoms with Crippen molar-refractivity contribution in [2.75, 3.05) is 11.9 Å². The molecule has 4 rings (SSSR count). The highest BCUT2D eigenvalue weighted by molar-refractivity contribution is 7.16. The van der Waals surface area contributed by atoms with Gasteiger partial charge in [-0.15, -0.1) is 11.3 Å². The standard InChI is InChI=1S/C22H19Cl2N3O2S/c1-11-3-5-13-15(9-25)22(30-18(13)7-11)27-19(28)10-29-21-17(24)8-16(23)14-6-4-12(2)26-20(14)21/h4,6,8,11H,3,5,7,10H2,1-2H3,(H,27,28)/t11-/m0/s1. The van der Waals surface area contributed by atoms with E-state index >= 15 is 0 Å². The van der Waals surface area contributed by atoms with Crippen LogP contribution in [0.2, 0.25) is 10.0 Å². The molecule has 1 aliphatic carbocycles. The van der Waals surface area contributed by atoms with Crippen LogP contribution >= 0.6 is 34.5 Å². The molecule has 2 aromatic heterocycles. The topological polar surface area (TPSA) is 75.0 Å². The van der Waals surface area contributed by atoms with Crippen LogP contribution in [0, 0.1) is 24.2 Å². The SMILES string of the molecule is Cc1ccc2c(Cl)cc(Cl)c(OCC(=O)Nc3sc4c(c3C#N)CC[C@H](C)C4)c2n1. The summed E-state index contributed by atoms with van der Waals surface area (Å²) < 4.78 is 5.74. The zero-order valence-electron chi connectivity index (χ0n) is 16.5. The van der Waals surface area contributed by atoms with Gasteiger partial charge < -0.3 is 10.1 Å². The first-order chi connectivity index (χ1) is 14.4. The number of fused-ring (bicyclic) bond motifs is 2. The lowest BCUT2D eigenvalue weighted by Crippen LogP contribution is -2.20. The minimum Gasteiger partial charge on any atom is -0.480 e. The van der Waals surface area contributed by atoms with E-state index in [4.69, 9.17) is 27.9 Å². The second kappa shape index (κ2) is 8.43. The van der Waals surface area contributed by atoms with Crippen molar-refractivity contribution in [2.24, 2.45) is 5.92 Å². The Labute approximate surface area is 188 Å². The summed E-state index contributed by atoms with van der Waals surface area (Å²) in [5, 5.41) is 14.5. The van der Waals surface area contributed by atoms with E-state index in [1.165, 1.54) is 16.2 Å². The first kappa shape index (κ1) is 20.9. The van der Waals surface area contributed by atoms with Gasteiger partial charge in [0.15, 0.2) is 12.4 Å². The minimum atomic E-state index is -0.357. The summed E-state index contributed by atoms with van der Waals surface area (Å²) in [5.41, 5.74) is 2.94. The molecule has 1 aliphatic rings. The van der Waals surface area contributed by atoms with E-state index < -0.39 is 0 Å². The number of hydrogen-bond acceptors (Lipinski definition) is 5. The van der Waals surface area contributed by atoms with E-state index in [1.807, 2.05) is 19.1 Å². The number of anilines is 1. The molecule has 2 heterocycles. The molecule has 5 nitrogen and oxygen atoms in total. The summed E-state index contributed by atoms with van der Waals surface area (Å²) in [6.07, 6.45) is 2.88. The minimum absolute atomic E-state index is 0.254. The molecule has 1 N–H and O–H groups in total. The van der Waals surface area contributed by atoms with Crippen LogP contribution in [-0.4, -0.2) is 17.5 Å². The third-order valence-corrected chi connectivity index (χ3v) is 6.96. The Kier molecular flexibility index (Phi) is 5.88. The zero-order valence-corrected chi connectivity index (χ0v) is 18.8. The number of pyridine rings is 1. The van der Waals surface area contributed by atoms with Crippen molar-refractivity contribution in [3.8, 4) is 11.8 Å². The molecule has 0 bridgehead atoms. The van der Waals surface area contributed by atoms with Gasteiger partial charge in [-0.3, -0.25) is 4.79 Å². The number of thiophene rings is 1. The monoisotopic (exact) mass is 459 g/mol. The lowest BCUT2D eigenvalue weighted by Gasteiger charge is -2.17. The van der Waals surface area contributed by atoms with Crippen LogP contribution in [0.4, 0.5) is 5.00 Å². The summed E-state index contributed by atoms with van der Waals surface area (Å²) in [4.78, 5) is 18.2. The van der Waals surface area contributed by atoms with Crippen molar-refractivity contribution >= 4 is 56.3 Å². The molecule has 8 heteroatoms.